The van der Waals surface area contributed by atoms with Gasteiger partial charge in [0.2, 0.25) is 5.91 Å². The molecule has 100 valence electrons. The zero-order valence-corrected chi connectivity index (χ0v) is 10.5. The maximum Gasteiger partial charge on any atom is 0.241 e. The van der Waals surface area contributed by atoms with Gasteiger partial charge in [-0.05, 0) is 19.8 Å². The summed E-state index contributed by atoms with van der Waals surface area (Å²) < 4.78 is 6.91. The lowest BCUT2D eigenvalue weighted by Crippen LogP contribution is -2.34. The van der Waals surface area contributed by atoms with Crippen molar-refractivity contribution in [1.29, 1.82) is 0 Å². The van der Waals surface area contributed by atoms with Crippen molar-refractivity contribution in [2.24, 2.45) is 5.73 Å². The fraction of sp³-hybridized carbons (Fsp3) is 0.727. The molecule has 0 bridgehead atoms. The van der Waals surface area contributed by atoms with E-state index in [9.17, 15) is 4.79 Å². The number of nitrogens with two attached hydrogens (primary N) is 1. The Bertz CT molecular complexity index is 398. The molecule has 7 heteroatoms. The second kappa shape index (κ2) is 5.92. The van der Waals surface area contributed by atoms with Crippen LogP contribution in [0.2, 0.25) is 0 Å². The molecule has 3 N–H and O–H groups in total. The zero-order chi connectivity index (χ0) is 13.0. The molecule has 1 aromatic heterocycles. The molecule has 2 heterocycles. The van der Waals surface area contributed by atoms with E-state index in [4.69, 9.17) is 10.5 Å². The van der Waals surface area contributed by atoms with Crippen LogP contribution in [0.4, 0.5) is 0 Å². The third-order valence-corrected chi connectivity index (χ3v) is 2.88. The van der Waals surface area contributed by atoms with E-state index in [1.54, 1.807) is 6.20 Å². The first-order valence-corrected chi connectivity index (χ1v) is 6.19. The quantitative estimate of drug-likeness (QED) is 0.744. The Kier molecular flexibility index (Phi) is 4.27. The maximum absolute atomic E-state index is 11.7. The largest absolute Gasteiger partial charge is 0.376 e. The minimum Gasteiger partial charge on any atom is -0.376 e. The lowest BCUT2D eigenvalue weighted by atomic mass is 10.2. The highest BCUT2D eigenvalue weighted by molar-refractivity contribution is 5.75. The molecule has 7 nitrogen and oxygen atoms in total. The van der Waals surface area contributed by atoms with Crippen LogP contribution in [-0.4, -0.2) is 40.2 Å². The van der Waals surface area contributed by atoms with Crippen molar-refractivity contribution in [3.05, 3.63) is 11.9 Å². The highest BCUT2D eigenvalue weighted by atomic mass is 16.5. The molecule has 0 saturated carbocycles. The average molecular weight is 253 g/mol. The van der Waals surface area contributed by atoms with Crippen molar-refractivity contribution in [3.63, 3.8) is 0 Å². The lowest BCUT2D eigenvalue weighted by molar-refractivity contribution is -0.122. The Balaban J connectivity index is 1.75. The summed E-state index contributed by atoms with van der Waals surface area (Å²) >= 11 is 0. The summed E-state index contributed by atoms with van der Waals surface area (Å²) in [6.07, 6.45) is 3.93. The molecule has 1 aromatic rings. The van der Waals surface area contributed by atoms with Gasteiger partial charge in [0.15, 0.2) is 0 Å². The monoisotopic (exact) mass is 253 g/mol. The van der Waals surface area contributed by atoms with Gasteiger partial charge in [-0.25, -0.2) is 4.68 Å². The third-order valence-electron chi connectivity index (χ3n) is 2.88. The van der Waals surface area contributed by atoms with Crippen molar-refractivity contribution in [3.8, 4) is 0 Å². The van der Waals surface area contributed by atoms with Crippen molar-refractivity contribution in [2.45, 2.75) is 38.5 Å². The van der Waals surface area contributed by atoms with E-state index in [0.717, 1.165) is 19.4 Å². The van der Waals surface area contributed by atoms with Gasteiger partial charge in [0.1, 0.15) is 6.54 Å². The Morgan fingerprint density at radius 2 is 2.61 bits per heavy atom. The molecule has 1 aliphatic heterocycles. The van der Waals surface area contributed by atoms with Gasteiger partial charge in [0.25, 0.3) is 0 Å². The summed E-state index contributed by atoms with van der Waals surface area (Å²) in [5.74, 6) is -0.0911. The Morgan fingerprint density at radius 3 is 3.22 bits per heavy atom. The predicted octanol–water partition coefficient (Wildman–Crippen LogP) is -0.407. The molecular weight excluding hydrogens is 234 g/mol. The van der Waals surface area contributed by atoms with Crippen molar-refractivity contribution in [1.82, 2.24) is 20.3 Å². The van der Waals surface area contributed by atoms with Crippen LogP contribution in [0.5, 0.6) is 0 Å². The van der Waals surface area contributed by atoms with Crippen LogP contribution in [0.25, 0.3) is 0 Å². The molecule has 0 aliphatic carbocycles. The number of hydrogen-bond acceptors (Lipinski definition) is 5. The molecule has 1 saturated heterocycles. The van der Waals surface area contributed by atoms with E-state index < -0.39 is 0 Å². The second-order valence-corrected chi connectivity index (χ2v) is 4.57. The van der Waals surface area contributed by atoms with Gasteiger partial charge in [0, 0.05) is 19.2 Å². The number of amides is 1. The van der Waals surface area contributed by atoms with Crippen LogP contribution in [0.3, 0.4) is 0 Å². The minimum atomic E-state index is -0.172. The van der Waals surface area contributed by atoms with E-state index >= 15 is 0 Å². The first kappa shape index (κ1) is 13.0. The van der Waals surface area contributed by atoms with E-state index in [2.05, 4.69) is 15.6 Å². The predicted molar refractivity (Wildman–Crippen MR) is 64.6 cm³/mol. The van der Waals surface area contributed by atoms with Gasteiger partial charge in [-0.15, -0.1) is 5.10 Å². The maximum atomic E-state index is 11.7. The Morgan fingerprint density at radius 1 is 1.78 bits per heavy atom. The van der Waals surface area contributed by atoms with E-state index in [1.165, 1.54) is 4.68 Å². The fourth-order valence-corrected chi connectivity index (χ4v) is 1.84. The summed E-state index contributed by atoms with van der Waals surface area (Å²) in [5.41, 5.74) is 6.35. The summed E-state index contributed by atoms with van der Waals surface area (Å²) in [6.45, 7) is 3.34. The summed E-state index contributed by atoms with van der Waals surface area (Å²) in [6, 6.07) is -0.172. The van der Waals surface area contributed by atoms with Gasteiger partial charge in [-0.1, -0.05) is 5.21 Å². The topological polar surface area (TPSA) is 95.1 Å². The van der Waals surface area contributed by atoms with Crippen LogP contribution < -0.4 is 11.1 Å². The number of aromatic nitrogens is 3. The van der Waals surface area contributed by atoms with Gasteiger partial charge < -0.3 is 15.8 Å². The van der Waals surface area contributed by atoms with E-state index in [1.807, 2.05) is 6.92 Å². The van der Waals surface area contributed by atoms with Gasteiger partial charge in [-0.2, -0.15) is 0 Å². The zero-order valence-electron chi connectivity index (χ0n) is 10.5. The van der Waals surface area contributed by atoms with Crippen LogP contribution >= 0.6 is 0 Å². The first-order chi connectivity index (χ1) is 8.65. The SMILES string of the molecule is CC(N)c1cn(CC(=O)NCC2CCCO2)nn1. The van der Waals surface area contributed by atoms with E-state index in [0.29, 0.717) is 12.2 Å². The molecule has 2 rings (SSSR count). The summed E-state index contributed by atoms with van der Waals surface area (Å²) in [5, 5.41) is 10.6. The fourth-order valence-electron chi connectivity index (χ4n) is 1.84. The molecule has 0 radical (unpaired) electrons. The lowest BCUT2D eigenvalue weighted by Gasteiger charge is -2.10. The molecular formula is C11H19N5O2. The number of carbonyl (C=O) groups excluding carboxylic acids is 1. The number of hydrogen-bond donors (Lipinski definition) is 2. The first-order valence-electron chi connectivity index (χ1n) is 6.19. The molecule has 0 aromatic carbocycles. The standard InChI is InChI=1S/C11H19N5O2/c1-8(12)10-6-16(15-14-10)7-11(17)13-5-9-3-2-4-18-9/h6,8-9H,2-5,7,12H2,1H3,(H,13,17). The van der Waals surface area contributed by atoms with E-state index in [-0.39, 0.29) is 24.6 Å². The molecule has 2 atom stereocenters. The third kappa shape index (κ3) is 3.51. The molecule has 2 unspecified atom stereocenters. The van der Waals surface area contributed by atoms with Crippen molar-refractivity contribution >= 4 is 5.91 Å². The van der Waals surface area contributed by atoms with Crippen LogP contribution in [-0.2, 0) is 16.1 Å². The second-order valence-electron chi connectivity index (χ2n) is 4.57. The number of nitrogens with one attached hydrogen (secondary N) is 1. The molecule has 18 heavy (non-hydrogen) atoms. The Hall–Kier alpha value is -1.47. The normalized spacial score (nSPS) is 20.9. The summed E-state index contributed by atoms with van der Waals surface area (Å²) in [4.78, 5) is 11.7. The number of nitrogens with zero attached hydrogens (tertiary/aromatic N) is 3. The molecule has 1 amide bonds. The molecule has 0 spiro atoms. The smallest absolute Gasteiger partial charge is 0.241 e. The van der Waals surface area contributed by atoms with Crippen LogP contribution in [0.1, 0.15) is 31.5 Å². The van der Waals surface area contributed by atoms with Crippen LogP contribution in [0.15, 0.2) is 6.20 Å². The molecule has 1 aliphatic rings. The summed E-state index contributed by atoms with van der Waals surface area (Å²) in [7, 11) is 0. The van der Waals surface area contributed by atoms with Gasteiger partial charge in [0.05, 0.1) is 18.0 Å². The number of rotatable bonds is 5. The van der Waals surface area contributed by atoms with Crippen LogP contribution in [0, 0.1) is 0 Å². The van der Waals surface area contributed by atoms with Crippen molar-refractivity contribution in [2.75, 3.05) is 13.2 Å². The highest BCUT2D eigenvalue weighted by Crippen LogP contribution is 2.10. The Labute approximate surface area is 106 Å². The minimum absolute atomic E-state index is 0.0911. The number of ether oxygens (including phenoxy) is 1. The molecule has 1 fully saturated rings. The highest BCUT2D eigenvalue weighted by Gasteiger charge is 2.16. The van der Waals surface area contributed by atoms with Gasteiger partial charge in [-0.3, -0.25) is 4.79 Å². The average Bonchev–Trinajstić information content (AvgIpc) is 2.96. The van der Waals surface area contributed by atoms with Crippen molar-refractivity contribution < 1.29 is 9.53 Å². The van der Waals surface area contributed by atoms with Gasteiger partial charge >= 0.3 is 0 Å². The number of carbonyl (C=O) groups is 1.